The summed E-state index contributed by atoms with van der Waals surface area (Å²) in [5.74, 6) is 0. The van der Waals surface area contributed by atoms with Crippen molar-refractivity contribution in [2.45, 2.75) is 19.3 Å². The second kappa shape index (κ2) is 8.80. The molecule has 1 aliphatic rings. The van der Waals surface area contributed by atoms with E-state index in [0.717, 1.165) is 0 Å². The van der Waals surface area contributed by atoms with Crippen molar-refractivity contribution in [3.05, 3.63) is 157 Å². The predicted octanol–water partition coefficient (Wildman–Crippen LogP) is 12.5. The Labute approximate surface area is 262 Å². The molecule has 0 bridgehead atoms. The van der Waals surface area contributed by atoms with Crippen LogP contribution in [0.2, 0.25) is 0 Å². The first-order chi connectivity index (χ1) is 22.1. The van der Waals surface area contributed by atoms with Crippen LogP contribution in [0.3, 0.4) is 0 Å². The van der Waals surface area contributed by atoms with Gasteiger partial charge >= 0.3 is 0 Å². The molecule has 1 aliphatic carbocycles. The molecule has 0 heterocycles. The van der Waals surface area contributed by atoms with Gasteiger partial charge in [-0.2, -0.15) is 0 Å². The van der Waals surface area contributed by atoms with Crippen LogP contribution in [0.5, 0.6) is 0 Å². The van der Waals surface area contributed by atoms with Crippen molar-refractivity contribution >= 4 is 53.9 Å². The summed E-state index contributed by atoms with van der Waals surface area (Å²) >= 11 is 0. The zero-order chi connectivity index (χ0) is 29.9. The topological polar surface area (TPSA) is 0 Å². The summed E-state index contributed by atoms with van der Waals surface area (Å²) in [5, 5.41) is 13.2. The van der Waals surface area contributed by atoms with E-state index in [1.54, 1.807) is 0 Å². The summed E-state index contributed by atoms with van der Waals surface area (Å²) in [6, 6.07) is 54.7. The first-order valence-corrected chi connectivity index (χ1v) is 15.9. The first-order valence-electron chi connectivity index (χ1n) is 15.9. The van der Waals surface area contributed by atoms with Crippen molar-refractivity contribution in [3.63, 3.8) is 0 Å². The molecule has 0 amide bonds. The number of hydrogen-bond donors (Lipinski definition) is 0. The molecule has 0 aliphatic heterocycles. The Bertz CT molecular complexity index is 2650. The number of benzene rings is 9. The molecule has 210 valence electrons. The van der Waals surface area contributed by atoms with E-state index in [4.69, 9.17) is 0 Å². The van der Waals surface area contributed by atoms with Crippen LogP contribution in [0.25, 0.3) is 87.2 Å². The molecule has 9 aromatic carbocycles. The Morgan fingerprint density at radius 2 is 0.889 bits per heavy atom. The van der Waals surface area contributed by atoms with Crippen LogP contribution in [0.4, 0.5) is 0 Å². The molecule has 0 unspecified atom stereocenters. The van der Waals surface area contributed by atoms with Crippen molar-refractivity contribution in [1.29, 1.82) is 0 Å². The van der Waals surface area contributed by atoms with Crippen LogP contribution < -0.4 is 0 Å². The minimum atomic E-state index is -0.0879. The average molecular weight is 571 g/mol. The number of hydrogen-bond acceptors (Lipinski definition) is 0. The first kappa shape index (κ1) is 24.9. The fourth-order valence-corrected chi connectivity index (χ4v) is 8.53. The van der Waals surface area contributed by atoms with Crippen LogP contribution in [0, 0.1) is 0 Å². The van der Waals surface area contributed by atoms with E-state index >= 15 is 0 Å². The van der Waals surface area contributed by atoms with Crippen molar-refractivity contribution in [2.75, 3.05) is 0 Å². The second-order valence-electron chi connectivity index (χ2n) is 13.2. The van der Waals surface area contributed by atoms with Crippen molar-refractivity contribution in [3.8, 4) is 33.4 Å². The molecule has 0 heteroatoms. The van der Waals surface area contributed by atoms with Gasteiger partial charge in [0.15, 0.2) is 0 Å². The van der Waals surface area contributed by atoms with E-state index in [9.17, 15) is 0 Å². The third-order valence-corrected chi connectivity index (χ3v) is 10.6. The van der Waals surface area contributed by atoms with E-state index in [0.29, 0.717) is 0 Å². The van der Waals surface area contributed by atoms with Gasteiger partial charge in [0.2, 0.25) is 0 Å². The summed E-state index contributed by atoms with van der Waals surface area (Å²) in [7, 11) is 0. The summed E-state index contributed by atoms with van der Waals surface area (Å²) < 4.78 is 0. The van der Waals surface area contributed by atoms with Gasteiger partial charge in [0, 0.05) is 5.41 Å². The number of fused-ring (bicyclic) bond motifs is 3. The Hall–Kier alpha value is -5.46. The summed E-state index contributed by atoms with van der Waals surface area (Å²) in [6.45, 7) is 4.76. The highest BCUT2D eigenvalue weighted by Crippen LogP contribution is 2.52. The fraction of sp³-hybridized carbons (Fsp3) is 0.0667. The summed E-state index contributed by atoms with van der Waals surface area (Å²) in [4.78, 5) is 0. The maximum absolute atomic E-state index is 2.41. The minimum Gasteiger partial charge on any atom is -0.0619 e. The van der Waals surface area contributed by atoms with Gasteiger partial charge in [0.25, 0.3) is 0 Å². The highest BCUT2D eigenvalue weighted by molar-refractivity contribution is 6.26. The molecule has 10 rings (SSSR count). The molecule has 0 spiro atoms. The number of rotatable bonds is 2. The molecular formula is C45H30. The lowest BCUT2D eigenvalue weighted by atomic mass is 9.68. The molecule has 9 aromatic rings. The van der Waals surface area contributed by atoms with Crippen molar-refractivity contribution in [2.24, 2.45) is 0 Å². The molecule has 0 atom stereocenters. The minimum absolute atomic E-state index is 0.0879. The monoisotopic (exact) mass is 570 g/mol. The van der Waals surface area contributed by atoms with E-state index in [1.165, 1.54) is 98.4 Å². The van der Waals surface area contributed by atoms with Crippen LogP contribution >= 0.6 is 0 Å². The molecule has 0 nitrogen and oxygen atoms in total. The van der Waals surface area contributed by atoms with Gasteiger partial charge < -0.3 is 0 Å². The lowest BCUT2D eigenvalue weighted by Gasteiger charge is -2.35. The van der Waals surface area contributed by atoms with E-state index in [-0.39, 0.29) is 5.41 Å². The normalized spacial score (nSPS) is 13.7. The second-order valence-corrected chi connectivity index (χ2v) is 13.2. The Morgan fingerprint density at radius 3 is 1.78 bits per heavy atom. The van der Waals surface area contributed by atoms with Gasteiger partial charge in [-0.1, -0.05) is 159 Å². The third kappa shape index (κ3) is 3.27. The molecule has 0 saturated carbocycles. The maximum atomic E-state index is 2.41. The van der Waals surface area contributed by atoms with E-state index < -0.39 is 0 Å². The third-order valence-electron chi connectivity index (χ3n) is 10.6. The smallest absolute Gasteiger partial charge is 0.0159 e. The quantitative estimate of drug-likeness (QED) is 0.181. The standard InChI is InChI=1S/C45H30/c1-45(2)39-16-6-5-13-33(39)34-14-8-15-35-38(25-26-40(45)44(34)35)43-31-12-4-3-9-27(31)19-23-37(43)32-22-20-30-18-17-28-10-7-11-29-21-24-36(32)42(30)41(28)29/h3-26H,1-2H3. The van der Waals surface area contributed by atoms with Gasteiger partial charge in [-0.15, -0.1) is 0 Å². The molecule has 0 fully saturated rings. The van der Waals surface area contributed by atoms with Crippen molar-refractivity contribution in [1.82, 2.24) is 0 Å². The van der Waals surface area contributed by atoms with Crippen LogP contribution in [0.15, 0.2) is 146 Å². The Morgan fingerprint density at radius 1 is 0.311 bits per heavy atom. The van der Waals surface area contributed by atoms with Gasteiger partial charge in [0.1, 0.15) is 0 Å². The molecule has 0 radical (unpaired) electrons. The highest BCUT2D eigenvalue weighted by atomic mass is 14.4. The van der Waals surface area contributed by atoms with Gasteiger partial charge in [-0.05, 0) is 98.4 Å². The van der Waals surface area contributed by atoms with Gasteiger partial charge in [-0.3, -0.25) is 0 Å². The Balaban J connectivity index is 1.34. The molecular weight excluding hydrogens is 540 g/mol. The largest absolute Gasteiger partial charge is 0.0619 e. The zero-order valence-electron chi connectivity index (χ0n) is 25.4. The zero-order valence-corrected chi connectivity index (χ0v) is 25.4. The van der Waals surface area contributed by atoms with E-state index in [1.807, 2.05) is 0 Å². The predicted molar refractivity (Wildman–Crippen MR) is 194 cm³/mol. The lowest BCUT2D eigenvalue weighted by Crippen LogP contribution is -2.23. The maximum Gasteiger partial charge on any atom is 0.0159 e. The Kier molecular flexibility index (Phi) is 4.88. The average Bonchev–Trinajstić information content (AvgIpc) is 3.09. The lowest BCUT2D eigenvalue weighted by molar-refractivity contribution is 0.645. The highest BCUT2D eigenvalue weighted by Gasteiger charge is 2.34. The van der Waals surface area contributed by atoms with Crippen molar-refractivity contribution < 1.29 is 0 Å². The molecule has 0 aromatic heterocycles. The van der Waals surface area contributed by atoms with Gasteiger partial charge in [0.05, 0.1) is 0 Å². The van der Waals surface area contributed by atoms with E-state index in [2.05, 4.69) is 159 Å². The fourth-order valence-electron chi connectivity index (χ4n) is 8.53. The van der Waals surface area contributed by atoms with Crippen LogP contribution in [-0.4, -0.2) is 0 Å². The summed E-state index contributed by atoms with van der Waals surface area (Å²) in [5.41, 5.74) is 10.6. The summed E-state index contributed by atoms with van der Waals surface area (Å²) in [6.07, 6.45) is 0. The van der Waals surface area contributed by atoms with Crippen LogP contribution in [0.1, 0.15) is 25.0 Å². The molecule has 0 saturated heterocycles. The van der Waals surface area contributed by atoms with Gasteiger partial charge in [-0.25, -0.2) is 0 Å². The molecule has 0 N–H and O–H groups in total. The SMILES string of the molecule is CC1(C)c2ccccc2-c2cccc3c(-c4c(-c5ccc6ccc7cccc8ccc5c6c78)ccc5ccccc45)ccc1c23. The van der Waals surface area contributed by atoms with Crippen LogP contribution in [-0.2, 0) is 5.41 Å². The molecule has 45 heavy (non-hydrogen) atoms.